The summed E-state index contributed by atoms with van der Waals surface area (Å²) < 4.78 is 5.01. The van der Waals surface area contributed by atoms with E-state index in [1.807, 2.05) is 0 Å². The highest BCUT2D eigenvalue weighted by molar-refractivity contribution is 6.55. The number of nitrogens with one attached hydrogen (secondary N) is 2. The summed E-state index contributed by atoms with van der Waals surface area (Å²) in [6, 6.07) is 6.67. The van der Waals surface area contributed by atoms with E-state index in [0.717, 1.165) is 0 Å². The molecule has 2 N–H and O–H groups in total. The van der Waals surface area contributed by atoms with Crippen LogP contribution in [0.5, 0.6) is 0 Å². The van der Waals surface area contributed by atoms with E-state index in [1.165, 1.54) is 12.1 Å². The maximum atomic E-state index is 13.1. The highest BCUT2D eigenvalue weighted by Crippen LogP contribution is 2.45. The quantitative estimate of drug-likeness (QED) is 0.181. The first kappa shape index (κ1) is 26.7. The molecule has 1 atom stereocenters. The number of rotatable bonds is 6. The van der Waals surface area contributed by atoms with Crippen molar-refractivity contribution in [2.24, 2.45) is 5.92 Å². The predicted octanol–water partition coefficient (Wildman–Crippen LogP) is 3.93. The molecule has 0 radical (unpaired) electrons. The van der Waals surface area contributed by atoms with E-state index in [4.69, 9.17) is 51.1 Å². The van der Waals surface area contributed by atoms with Crippen molar-refractivity contribution in [2.75, 3.05) is 6.61 Å². The molecule has 3 rings (SSSR count). The standard InChI is InChI=1S/C22H17Cl4N3O6/c1-9(2)18(22(34)35-8-11(30)27-28-19(31)10-6-4-3-5-7-10)29-20(32)12-13(21(29)33)15(24)17(26)16(25)14(12)23/h3-7,9,18H,8H2,1-2H3,(H,27,30)(H,28,31)/t18-/m0/s1. The molecule has 4 amide bonds. The van der Waals surface area contributed by atoms with E-state index in [0.29, 0.717) is 10.5 Å². The third kappa shape index (κ3) is 5.23. The second-order valence-electron chi connectivity index (χ2n) is 7.65. The van der Waals surface area contributed by atoms with Crippen molar-refractivity contribution in [3.63, 3.8) is 0 Å². The van der Waals surface area contributed by atoms with Crippen molar-refractivity contribution < 1.29 is 28.7 Å². The largest absolute Gasteiger partial charge is 0.454 e. The molecule has 0 saturated carbocycles. The summed E-state index contributed by atoms with van der Waals surface area (Å²) in [5, 5.41) is -0.974. The van der Waals surface area contributed by atoms with Gasteiger partial charge in [0.2, 0.25) is 0 Å². The highest BCUT2D eigenvalue weighted by Gasteiger charge is 2.48. The molecule has 0 saturated heterocycles. The molecule has 0 spiro atoms. The molecule has 1 aliphatic rings. The van der Waals surface area contributed by atoms with Crippen molar-refractivity contribution in [3.8, 4) is 0 Å². The van der Waals surface area contributed by atoms with Crippen molar-refractivity contribution >= 4 is 76.0 Å². The van der Waals surface area contributed by atoms with Crippen molar-refractivity contribution in [1.82, 2.24) is 15.8 Å². The second-order valence-corrected chi connectivity index (χ2v) is 9.16. The van der Waals surface area contributed by atoms with Crippen molar-refractivity contribution in [3.05, 3.63) is 67.1 Å². The van der Waals surface area contributed by atoms with Gasteiger partial charge in [-0.3, -0.25) is 34.9 Å². The summed E-state index contributed by atoms with van der Waals surface area (Å²) in [6.45, 7) is 2.34. The molecular formula is C22H17Cl4N3O6. The molecule has 9 nitrogen and oxygen atoms in total. The fourth-order valence-corrected chi connectivity index (χ4v) is 4.36. The van der Waals surface area contributed by atoms with E-state index in [1.54, 1.807) is 32.0 Å². The third-order valence-corrected chi connectivity index (χ3v) is 6.78. The zero-order valence-electron chi connectivity index (χ0n) is 18.2. The average Bonchev–Trinajstić information content (AvgIpc) is 3.09. The first-order valence-electron chi connectivity index (χ1n) is 10.0. The number of imide groups is 1. The lowest BCUT2D eigenvalue weighted by Crippen LogP contribution is -2.50. The van der Waals surface area contributed by atoms with Crippen molar-refractivity contribution in [1.29, 1.82) is 0 Å². The average molecular weight is 561 g/mol. The van der Waals surface area contributed by atoms with Gasteiger partial charge in [-0.25, -0.2) is 4.79 Å². The van der Waals surface area contributed by atoms with Gasteiger partial charge in [-0.2, -0.15) is 0 Å². The molecule has 1 aliphatic heterocycles. The Morgan fingerprint density at radius 1 is 0.857 bits per heavy atom. The first-order valence-corrected chi connectivity index (χ1v) is 11.5. The van der Waals surface area contributed by atoms with Gasteiger partial charge in [0.1, 0.15) is 6.04 Å². The number of carbonyl (C=O) groups excluding carboxylic acids is 5. The molecule has 2 aromatic rings. The fraction of sp³-hybridized carbons (Fsp3) is 0.227. The van der Waals surface area contributed by atoms with Crippen LogP contribution in [0.15, 0.2) is 30.3 Å². The second kappa shape index (κ2) is 10.8. The van der Waals surface area contributed by atoms with Gasteiger partial charge in [-0.15, -0.1) is 0 Å². The van der Waals surface area contributed by atoms with Crippen LogP contribution in [0, 0.1) is 5.92 Å². The van der Waals surface area contributed by atoms with Gasteiger partial charge < -0.3 is 4.74 Å². The predicted molar refractivity (Wildman–Crippen MR) is 129 cm³/mol. The first-order chi connectivity index (χ1) is 16.5. The Balaban J connectivity index is 1.71. The number of esters is 1. The monoisotopic (exact) mass is 559 g/mol. The van der Waals surface area contributed by atoms with Gasteiger partial charge in [-0.05, 0) is 18.1 Å². The van der Waals surface area contributed by atoms with Crippen LogP contribution in [-0.4, -0.2) is 47.1 Å². The summed E-state index contributed by atoms with van der Waals surface area (Å²) in [5.74, 6) is -4.91. The van der Waals surface area contributed by atoms with Crippen LogP contribution in [0.3, 0.4) is 0 Å². The van der Waals surface area contributed by atoms with E-state index in [2.05, 4.69) is 10.9 Å². The Labute approximate surface area is 219 Å². The Hall–Kier alpha value is -2.85. The number of benzene rings is 2. The number of ether oxygens (including phenoxy) is 1. The number of hydrazine groups is 1. The molecule has 0 unspecified atom stereocenters. The van der Waals surface area contributed by atoms with Gasteiger partial charge in [0, 0.05) is 5.56 Å². The van der Waals surface area contributed by atoms with Crippen LogP contribution in [0.1, 0.15) is 44.9 Å². The minimum Gasteiger partial charge on any atom is -0.454 e. The molecule has 184 valence electrons. The fourth-order valence-electron chi connectivity index (χ4n) is 3.34. The number of nitrogens with zero attached hydrogens (tertiary/aromatic N) is 1. The minimum absolute atomic E-state index is 0.210. The summed E-state index contributed by atoms with van der Waals surface area (Å²) in [6.07, 6.45) is 0. The smallest absolute Gasteiger partial charge is 0.330 e. The van der Waals surface area contributed by atoms with Crippen LogP contribution in [0.2, 0.25) is 20.1 Å². The molecule has 0 aromatic heterocycles. The van der Waals surface area contributed by atoms with Crippen LogP contribution in [0.25, 0.3) is 0 Å². The molecule has 0 aliphatic carbocycles. The number of fused-ring (bicyclic) bond motifs is 1. The maximum absolute atomic E-state index is 13.1. The van der Waals surface area contributed by atoms with Gasteiger partial charge in [-0.1, -0.05) is 78.5 Å². The Morgan fingerprint density at radius 2 is 1.37 bits per heavy atom. The van der Waals surface area contributed by atoms with Crippen LogP contribution in [0.4, 0.5) is 0 Å². The van der Waals surface area contributed by atoms with Crippen LogP contribution >= 0.6 is 46.4 Å². The number of halogens is 4. The van der Waals surface area contributed by atoms with Crippen LogP contribution < -0.4 is 10.9 Å². The Morgan fingerprint density at radius 3 is 1.86 bits per heavy atom. The summed E-state index contributed by atoms with van der Waals surface area (Å²) >= 11 is 24.3. The normalized spacial score (nSPS) is 13.5. The zero-order chi connectivity index (χ0) is 26.0. The number of hydrogen-bond donors (Lipinski definition) is 2. The molecule has 35 heavy (non-hydrogen) atoms. The molecule has 2 aromatic carbocycles. The molecule has 13 heteroatoms. The summed E-state index contributed by atoms with van der Waals surface area (Å²) in [5.41, 5.74) is 4.02. The van der Waals surface area contributed by atoms with Gasteiger partial charge in [0.25, 0.3) is 23.6 Å². The van der Waals surface area contributed by atoms with Crippen molar-refractivity contribution in [2.45, 2.75) is 19.9 Å². The number of amides is 4. The zero-order valence-corrected chi connectivity index (χ0v) is 21.2. The van der Waals surface area contributed by atoms with Gasteiger partial charge in [0.15, 0.2) is 6.61 Å². The highest BCUT2D eigenvalue weighted by atomic mass is 35.5. The number of carbonyl (C=O) groups is 5. The molecular weight excluding hydrogens is 544 g/mol. The molecule has 1 heterocycles. The molecule has 0 bridgehead atoms. The minimum atomic E-state index is -1.42. The van der Waals surface area contributed by atoms with Gasteiger partial charge in [0.05, 0.1) is 31.2 Å². The topological polar surface area (TPSA) is 122 Å². The Bertz CT molecular complexity index is 1190. The molecule has 0 fully saturated rings. The van der Waals surface area contributed by atoms with E-state index >= 15 is 0 Å². The maximum Gasteiger partial charge on any atom is 0.330 e. The Kier molecular flexibility index (Phi) is 8.27. The summed E-state index contributed by atoms with van der Waals surface area (Å²) in [4.78, 5) is 63.7. The lowest BCUT2D eigenvalue weighted by Gasteiger charge is -2.27. The lowest BCUT2D eigenvalue weighted by atomic mass is 10.0. The van der Waals surface area contributed by atoms with E-state index in [9.17, 15) is 24.0 Å². The van der Waals surface area contributed by atoms with Gasteiger partial charge >= 0.3 is 5.97 Å². The summed E-state index contributed by atoms with van der Waals surface area (Å²) in [7, 11) is 0. The lowest BCUT2D eigenvalue weighted by molar-refractivity contribution is -0.153. The van der Waals surface area contributed by atoms with E-state index in [-0.39, 0.29) is 31.2 Å². The third-order valence-electron chi connectivity index (χ3n) is 4.98. The van der Waals surface area contributed by atoms with E-state index < -0.39 is 48.2 Å². The number of hydrogen-bond acceptors (Lipinski definition) is 6. The van der Waals surface area contributed by atoms with Crippen LogP contribution in [-0.2, 0) is 14.3 Å². The SMILES string of the molecule is CC(C)[C@@H](C(=O)OCC(=O)NNC(=O)c1ccccc1)N1C(=O)c2c(Cl)c(Cl)c(Cl)c(Cl)c2C1=O.